The lowest BCUT2D eigenvalue weighted by atomic mass is 9.92. The normalized spacial score (nSPS) is 17.5. The van der Waals surface area contributed by atoms with E-state index in [4.69, 9.17) is 16.6 Å². The summed E-state index contributed by atoms with van der Waals surface area (Å²) in [5.74, 6) is 0.0761. The Bertz CT molecular complexity index is 171. The number of hydrogen-bond acceptors (Lipinski definition) is 3. The van der Waals surface area contributed by atoms with Gasteiger partial charge in [-0.05, 0) is 32.2 Å². The highest BCUT2D eigenvalue weighted by Gasteiger charge is 2.27. The third-order valence-corrected chi connectivity index (χ3v) is 2.24. The van der Waals surface area contributed by atoms with Gasteiger partial charge in [-0.25, -0.2) is 4.79 Å². The van der Waals surface area contributed by atoms with Crippen molar-refractivity contribution in [2.75, 3.05) is 6.54 Å². The Hall–Kier alpha value is -0.810. The lowest BCUT2D eigenvalue weighted by Gasteiger charge is -2.31. The van der Waals surface area contributed by atoms with Crippen molar-refractivity contribution in [3.05, 3.63) is 0 Å². The van der Waals surface area contributed by atoms with Crippen LogP contribution < -0.4 is 16.8 Å². The number of carbonyl (C=O) groups is 1. The highest BCUT2D eigenvalue weighted by Crippen LogP contribution is 2.16. The van der Waals surface area contributed by atoms with Crippen LogP contribution in [-0.2, 0) is 0 Å². The molecule has 2 atom stereocenters. The van der Waals surface area contributed by atoms with Gasteiger partial charge in [0, 0.05) is 0 Å². The van der Waals surface area contributed by atoms with Crippen LogP contribution in [0, 0.1) is 5.92 Å². The molecule has 5 nitrogen and oxygen atoms in total. The first-order valence-corrected chi connectivity index (χ1v) is 4.40. The lowest BCUT2D eigenvalue weighted by Crippen LogP contribution is -2.57. The zero-order chi connectivity index (χ0) is 10.5. The van der Waals surface area contributed by atoms with Gasteiger partial charge in [0.05, 0.1) is 5.66 Å². The summed E-state index contributed by atoms with van der Waals surface area (Å²) in [5, 5.41) is 10.8. The monoisotopic (exact) mass is 189 g/mol. The molecule has 0 spiro atoms. The van der Waals surface area contributed by atoms with Crippen molar-refractivity contribution in [3.8, 4) is 0 Å². The van der Waals surface area contributed by atoms with Crippen molar-refractivity contribution in [2.45, 2.75) is 32.4 Å². The minimum Gasteiger partial charge on any atom is -0.465 e. The fraction of sp³-hybridized carbons (Fsp3) is 0.875. The van der Waals surface area contributed by atoms with Crippen LogP contribution in [0.1, 0.15) is 26.7 Å². The SMILES string of the molecule is CC(CCCN)C(C)(N)NC(=O)O. The Morgan fingerprint density at radius 1 is 1.69 bits per heavy atom. The molecule has 1 amide bonds. The Labute approximate surface area is 78.5 Å². The quantitative estimate of drug-likeness (QED) is 0.467. The zero-order valence-electron chi connectivity index (χ0n) is 8.21. The fourth-order valence-corrected chi connectivity index (χ4v) is 1.08. The maximum atomic E-state index is 10.4. The van der Waals surface area contributed by atoms with E-state index < -0.39 is 11.8 Å². The molecule has 0 rings (SSSR count). The van der Waals surface area contributed by atoms with E-state index in [1.165, 1.54) is 0 Å². The Morgan fingerprint density at radius 3 is 2.62 bits per heavy atom. The third kappa shape index (κ3) is 4.69. The second-order valence-electron chi connectivity index (χ2n) is 3.54. The van der Waals surface area contributed by atoms with Crippen molar-refractivity contribution < 1.29 is 9.90 Å². The molecule has 0 aliphatic heterocycles. The van der Waals surface area contributed by atoms with Gasteiger partial charge in [-0.3, -0.25) is 0 Å². The van der Waals surface area contributed by atoms with E-state index in [0.717, 1.165) is 12.8 Å². The van der Waals surface area contributed by atoms with E-state index in [0.29, 0.717) is 6.54 Å². The summed E-state index contributed by atoms with van der Waals surface area (Å²) in [6, 6.07) is 0. The molecule has 0 fully saturated rings. The maximum Gasteiger partial charge on any atom is 0.406 e. The van der Waals surface area contributed by atoms with Gasteiger partial charge in [0.25, 0.3) is 0 Å². The van der Waals surface area contributed by atoms with E-state index in [9.17, 15) is 4.79 Å². The summed E-state index contributed by atoms with van der Waals surface area (Å²) in [4.78, 5) is 10.4. The van der Waals surface area contributed by atoms with E-state index in [2.05, 4.69) is 5.32 Å². The standard InChI is InChI=1S/C8H19N3O2/c1-6(4-3-5-9)8(2,10)11-7(12)13/h6,11H,3-5,9-10H2,1-2H3,(H,12,13). The Kier molecular flexibility index (Phi) is 4.72. The molecule has 0 radical (unpaired) electrons. The molecule has 78 valence electrons. The van der Waals surface area contributed by atoms with Crippen molar-refractivity contribution in [1.82, 2.24) is 5.32 Å². The molecule has 13 heavy (non-hydrogen) atoms. The first kappa shape index (κ1) is 12.2. The number of carboxylic acid groups (broad SMARTS) is 1. The molecular weight excluding hydrogens is 170 g/mol. The maximum absolute atomic E-state index is 10.4. The zero-order valence-corrected chi connectivity index (χ0v) is 8.21. The van der Waals surface area contributed by atoms with Crippen LogP contribution >= 0.6 is 0 Å². The molecule has 5 heteroatoms. The molecule has 0 aliphatic carbocycles. The van der Waals surface area contributed by atoms with Crippen molar-refractivity contribution in [2.24, 2.45) is 17.4 Å². The summed E-state index contributed by atoms with van der Waals surface area (Å²) < 4.78 is 0. The highest BCUT2D eigenvalue weighted by molar-refractivity contribution is 5.65. The lowest BCUT2D eigenvalue weighted by molar-refractivity contribution is 0.164. The molecule has 2 unspecified atom stereocenters. The van der Waals surface area contributed by atoms with Crippen LogP contribution in [0.3, 0.4) is 0 Å². The number of nitrogens with two attached hydrogens (primary N) is 2. The smallest absolute Gasteiger partial charge is 0.406 e. The second kappa shape index (κ2) is 5.04. The van der Waals surface area contributed by atoms with Gasteiger partial charge in [-0.1, -0.05) is 6.92 Å². The summed E-state index contributed by atoms with van der Waals surface area (Å²) in [6.07, 6.45) is 0.587. The Balaban J connectivity index is 4.01. The van der Waals surface area contributed by atoms with Gasteiger partial charge in [0.2, 0.25) is 0 Å². The third-order valence-electron chi connectivity index (χ3n) is 2.24. The average molecular weight is 189 g/mol. The molecule has 6 N–H and O–H groups in total. The summed E-state index contributed by atoms with van der Waals surface area (Å²) in [7, 11) is 0. The molecule has 0 aromatic rings. The summed E-state index contributed by atoms with van der Waals surface area (Å²) in [5.41, 5.74) is 10.2. The first-order chi connectivity index (χ1) is 5.90. The number of hydrogen-bond donors (Lipinski definition) is 4. The van der Waals surface area contributed by atoms with Crippen LogP contribution in [0.15, 0.2) is 0 Å². The molecule has 0 heterocycles. The summed E-state index contributed by atoms with van der Waals surface area (Å²) >= 11 is 0. The first-order valence-electron chi connectivity index (χ1n) is 4.40. The number of nitrogens with one attached hydrogen (secondary N) is 1. The Morgan fingerprint density at radius 2 is 2.23 bits per heavy atom. The summed E-state index contributed by atoms with van der Waals surface area (Å²) in [6.45, 7) is 4.18. The van der Waals surface area contributed by atoms with Crippen LogP contribution in [-0.4, -0.2) is 23.4 Å². The van der Waals surface area contributed by atoms with Crippen LogP contribution in [0.4, 0.5) is 4.79 Å². The van der Waals surface area contributed by atoms with Crippen molar-refractivity contribution >= 4 is 6.09 Å². The largest absolute Gasteiger partial charge is 0.465 e. The van der Waals surface area contributed by atoms with Gasteiger partial charge in [0.15, 0.2) is 0 Å². The minimum atomic E-state index is -1.09. The van der Waals surface area contributed by atoms with Crippen LogP contribution in [0.2, 0.25) is 0 Å². The van der Waals surface area contributed by atoms with E-state index in [1.54, 1.807) is 6.92 Å². The predicted molar refractivity (Wildman–Crippen MR) is 51.2 cm³/mol. The van der Waals surface area contributed by atoms with Gasteiger partial charge in [0.1, 0.15) is 0 Å². The predicted octanol–water partition coefficient (Wildman–Crippen LogP) is 0.304. The van der Waals surface area contributed by atoms with Gasteiger partial charge < -0.3 is 21.9 Å². The topological polar surface area (TPSA) is 101 Å². The molecule has 0 saturated carbocycles. The van der Waals surface area contributed by atoms with Crippen LogP contribution in [0.5, 0.6) is 0 Å². The van der Waals surface area contributed by atoms with Gasteiger partial charge >= 0.3 is 6.09 Å². The fourth-order valence-electron chi connectivity index (χ4n) is 1.08. The van der Waals surface area contributed by atoms with Crippen molar-refractivity contribution in [1.29, 1.82) is 0 Å². The molecule has 0 aromatic carbocycles. The van der Waals surface area contributed by atoms with Crippen molar-refractivity contribution in [3.63, 3.8) is 0 Å². The molecule has 0 aromatic heterocycles. The number of rotatable bonds is 5. The second-order valence-corrected chi connectivity index (χ2v) is 3.54. The molecule has 0 saturated heterocycles. The molecule has 0 bridgehead atoms. The van der Waals surface area contributed by atoms with Gasteiger partial charge in [-0.15, -0.1) is 0 Å². The van der Waals surface area contributed by atoms with E-state index >= 15 is 0 Å². The van der Waals surface area contributed by atoms with Crippen LogP contribution in [0.25, 0.3) is 0 Å². The van der Waals surface area contributed by atoms with E-state index in [-0.39, 0.29) is 5.92 Å². The number of amides is 1. The highest BCUT2D eigenvalue weighted by atomic mass is 16.4. The average Bonchev–Trinajstić information content (AvgIpc) is 1.97. The van der Waals surface area contributed by atoms with Gasteiger partial charge in [-0.2, -0.15) is 0 Å². The minimum absolute atomic E-state index is 0.0761. The molecular formula is C8H19N3O2. The molecule has 0 aliphatic rings. The van der Waals surface area contributed by atoms with E-state index in [1.807, 2.05) is 6.92 Å².